The third kappa shape index (κ3) is 3.30. The summed E-state index contributed by atoms with van der Waals surface area (Å²) in [5, 5.41) is 11.6. The number of hydrogen-bond donors (Lipinski definition) is 1. The summed E-state index contributed by atoms with van der Waals surface area (Å²) < 4.78 is 0. The molecule has 0 bridgehead atoms. The first kappa shape index (κ1) is 9.81. The predicted molar refractivity (Wildman–Crippen MR) is 53.6 cm³/mol. The van der Waals surface area contributed by atoms with E-state index in [1.54, 1.807) is 24.0 Å². The largest absolute Gasteiger partial charge is 0.353 e. The van der Waals surface area contributed by atoms with Crippen LogP contribution in [0.3, 0.4) is 0 Å². The van der Waals surface area contributed by atoms with Gasteiger partial charge in [0.2, 0.25) is 5.95 Å². The molecule has 0 unspecified atom stereocenters. The first-order chi connectivity index (χ1) is 6.36. The van der Waals surface area contributed by atoms with Crippen LogP contribution in [0.4, 0.5) is 5.95 Å². The molecule has 1 aromatic rings. The zero-order valence-corrected chi connectivity index (χ0v) is 8.14. The average molecular weight is 194 g/mol. The molecule has 1 heterocycles. The summed E-state index contributed by atoms with van der Waals surface area (Å²) in [5.41, 5.74) is 0.390. The van der Waals surface area contributed by atoms with E-state index in [4.69, 9.17) is 5.26 Å². The maximum atomic E-state index is 8.56. The Bertz CT molecular complexity index is 307. The lowest BCUT2D eigenvalue weighted by molar-refractivity contribution is 1.08. The van der Waals surface area contributed by atoms with E-state index in [9.17, 15) is 0 Å². The van der Waals surface area contributed by atoms with Crippen LogP contribution < -0.4 is 5.32 Å². The predicted octanol–water partition coefficient (Wildman–Crippen LogP) is 1.12. The summed E-state index contributed by atoms with van der Waals surface area (Å²) in [6.07, 6.45) is 3.61. The lowest BCUT2D eigenvalue weighted by Gasteiger charge is -2.01. The monoisotopic (exact) mass is 194 g/mol. The molecule has 0 spiro atoms. The third-order valence-electron chi connectivity index (χ3n) is 1.36. The Morgan fingerprint density at radius 2 is 2.54 bits per heavy atom. The molecule has 68 valence electrons. The SMILES string of the molecule is CSCCNc1nccc(C#N)n1. The Balaban J connectivity index is 2.52. The second kappa shape index (κ2) is 5.38. The lowest BCUT2D eigenvalue weighted by atomic mass is 10.4. The van der Waals surface area contributed by atoms with E-state index in [2.05, 4.69) is 15.3 Å². The Labute approximate surface area is 81.4 Å². The van der Waals surface area contributed by atoms with Gasteiger partial charge in [-0.15, -0.1) is 0 Å². The second-order valence-electron chi connectivity index (χ2n) is 2.30. The summed E-state index contributed by atoms with van der Waals surface area (Å²) in [7, 11) is 0. The highest BCUT2D eigenvalue weighted by atomic mass is 32.2. The molecule has 0 fully saturated rings. The molecule has 0 aromatic carbocycles. The lowest BCUT2D eigenvalue weighted by Crippen LogP contribution is -2.07. The van der Waals surface area contributed by atoms with Gasteiger partial charge in [0.1, 0.15) is 11.8 Å². The van der Waals surface area contributed by atoms with Crippen molar-refractivity contribution in [2.45, 2.75) is 0 Å². The van der Waals surface area contributed by atoms with E-state index in [0.717, 1.165) is 12.3 Å². The molecule has 0 aliphatic carbocycles. The van der Waals surface area contributed by atoms with Crippen LogP contribution in [0.15, 0.2) is 12.3 Å². The number of nitrogens with one attached hydrogen (secondary N) is 1. The van der Waals surface area contributed by atoms with E-state index < -0.39 is 0 Å². The molecule has 1 aromatic heterocycles. The Hall–Kier alpha value is -1.28. The van der Waals surface area contributed by atoms with E-state index in [0.29, 0.717) is 11.6 Å². The normalized spacial score (nSPS) is 9.23. The summed E-state index contributed by atoms with van der Waals surface area (Å²) in [6.45, 7) is 0.816. The highest BCUT2D eigenvalue weighted by Crippen LogP contribution is 1.99. The number of nitriles is 1. The van der Waals surface area contributed by atoms with Crippen molar-refractivity contribution in [3.05, 3.63) is 18.0 Å². The highest BCUT2D eigenvalue weighted by Gasteiger charge is 1.95. The molecule has 0 aliphatic heterocycles. The van der Waals surface area contributed by atoms with Crippen molar-refractivity contribution < 1.29 is 0 Å². The molecule has 0 radical (unpaired) electrons. The van der Waals surface area contributed by atoms with E-state index in [1.807, 2.05) is 12.3 Å². The van der Waals surface area contributed by atoms with Gasteiger partial charge in [-0.1, -0.05) is 0 Å². The van der Waals surface area contributed by atoms with Gasteiger partial charge in [-0.2, -0.15) is 17.0 Å². The van der Waals surface area contributed by atoms with Gasteiger partial charge in [-0.25, -0.2) is 9.97 Å². The molecule has 0 atom stereocenters. The van der Waals surface area contributed by atoms with Crippen LogP contribution in [0.5, 0.6) is 0 Å². The van der Waals surface area contributed by atoms with E-state index in [1.165, 1.54) is 0 Å². The first-order valence-electron chi connectivity index (χ1n) is 3.83. The van der Waals surface area contributed by atoms with Crippen LogP contribution >= 0.6 is 11.8 Å². The Morgan fingerprint density at radius 1 is 1.69 bits per heavy atom. The summed E-state index contributed by atoms with van der Waals surface area (Å²) in [4.78, 5) is 7.95. The van der Waals surface area contributed by atoms with Crippen molar-refractivity contribution in [2.75, 3.05) is 23.9 Å². The van der Waals surface area contributed by atoms with E-state index in [-0.39, 0.29) is 0 Å². The van der Waals surface area contributed by atoms with Crippen molar-refractivity contribution in [1.29, 1.82) is 5.26 Å². The molecule has 4 nitrogen and oxygen atoms in total. The van der Waals surface area contributed by atoms with Crippen LogP contribution in [0, 0.1) is 11.3 Å². The molecule has 5 heteroatoms. The van der Waals surface area contributed by atoms with Crippen molar-refractivity contribution >= 4 is 17.7 Å². The highest BCUT2D eigenvalue weighted by molar-refractivity contribution is 7.98. The fourth-order valence-electron chi connectivity index (χ4n) is 0.771. The number of anilines is 1. The van der Waals surface area contributed by atoms with Crippen LogP contribution in [0.25, 0.3) is 0 Å². The molecular formula is C8H10N4S. The summed E-state index contributed by atoms with van der Waals surface area (Å²) >= 11 is 1.75. The zero-order chi connectivity index (χ0) is 9.52. The molecule has 0 saturated carbocycles. The van der Waals surface area contributed by atoms with Gasteiger partial charge < -0.3 is 5.32 Å². The topological polar surface area (TPSA) is 61.6 Å². The molecule has 0 aliphatic rings. The minimum absolute atomic E-state index is 0.390. The van der Waals surface area contributed by atoms with Crippen LogP contribution in [-0.2, 0) is 0 Å². The number of aromatic nitrogens is 2. The smallest absolute Gasteiger partial charge is 0.223 e. The van der Waals surface area contributed by atoms with Crippen molar-refractivity contribution in [1.82, 2.24) is 9.97 Å². The fourth-order valence-corrected chi connectivity index (χ4v) is 1.08. The maximum absolute atomic E-state index is 8.56. The number of hydrogen-bond acceptors (Lipinski definition) is 5. The van der Waals surface area contributed by atoms with Crippen LogP contribution in [0.1, 0.15) is 5.69 Å². The number of rotatable bonds is 4. The molecule has 13 heavy (non-hydrogen) atoms. The third-order valence-corrected chi connectivity index (χ3v) is 1.97. The van der Waals surface area contributed by atoms with Gasteiger partial charge in [0.25, 0.3) is 0 Å². The maximum Gasteiger partial charge on any atom is 0.223 e. The molecule has 1 rings (SSSR count). The van der Waals surface area contributed by atoms with Crippen molar-refractivity contribution in [3.8, 4) is 6.07 Å². The minimum Gasteiger partial charge on any atom is -0.353 e. The van der Waals surface area contributed by atoms with Gasteiger partial charge in [0.15, 0.2) is 0 Å². The summed E-state index contributed by atoms with van der Waals surface area (Å²) in [5.74, 6) is 1.52. The quantitative estimate of drug-likeness (QED) is 0.728. The van der Waals surface area contributed by atoms with Crippen LogP contribution in [-0.4, -0.2) is 28.5 Å². The molecular weight excluding hydrogens is 184 g/mol. The zero-order valence-electron chi connectivity index (χ0n) is 7.32. The van der Waals surface area contributed by atoms with Gasteiger partial charge in [0.05, 0.1) is 0 Å². The minimum atomic E-state index is 0.390. The van der Waals surface area contributed by atoms with Gasteiger partial charge in [0, 0.05) is 18.5 Å². The second-order valence-corrected chi connectivity index (χ2v) is 3.28. The van der Waals surface area contributed by atoms with Crippen molar-refractivity contribution in [2.24, 2.45) is 0 Å². The summed E-state index contributed by atoms with van der Waals surface area (Å²) in [6, 6.07) is 3.54. The van der Waals surface area contributed by atoms with Gasteiger partial charge in [-0.3, -0.25) is 0 Å². The first-order valence-corrected chi connectivity index (χ1v) is 5.22. The van der Waals surface area contributed by atoms with Crippen LogP contribution in [0.2, 0.25) is 0 Å². The van der Waals surface area contributed by atoms with Crippen molar-refractivity contribution in [3.63, 3.8) is 0 Å². The van der Waals surface area contributed by atoms with E-state index >= 15 is 0 Å². The fraction of sp³-hybridized carbons (Fsp3) is 0.375. The number of nitrogens with zero attached hydrogens (tertiary/aromatic N) is 3. The van der Waals surface area contributed by atoms with Gasteiger partial charge >= 0.3 is 0 Å². The van der Waals surface area contributed by atoms with Gasteiger partial charge in [-0.05, 0) is 12.3 Å². The number of thioether (sulfide) groups is 1. The molecule has 1 N–H and O–H groups in total. The molecule has 0 amide bonds. The Morgan fingerprint density at radius 3 is 3.23 bits per heavy atom. The standard InChI is InChI=1S/C8H10N4S/c1-13-5-4-11-8-10-3-2-7(6-9)12-8/h2-3H,4-5H2,1H3,(H,10,11,12). The Kier molecular flexibility index (Phi) is 4.06. The average Bonchev–Trinajstić information content (AvgIpc) is 2.19. The molecule has 0 saturated heterocycles.